The van der Waals surface area contributed by atoms with Crippen LogP contribution in [0.2, 0.25) is 0 Å². The summed E-state index contributed by atoms with van der Waals surface area (Å²) < 4.78 is 1.54. The molecule has 2 aromatic carbocycles. The number of benzene rings is 2. The van der Waals surface area contributed by atoms with Crippen LogP contribution in [0.1, 0.15) is 55.3 Å². The number of nitrogens with zero attached hydrogens (tertiary/aromatic N) is 4. The Bertz CT molecular complexity index is 1050. The van der Waals surface area contributed by atoms with Gasteiger partial charge in [-0.3, -0.25) is 9.59 Å². The topological polar surface area (TPSA) is 102 Å². The third-order valence-electron chi connectivity index (χ3n) is 5.70. The van der Waals surface area contributed by atoms with Gasteiger partial charge in [0.15, 0.2) is 0 Å². The number of rotatable bonds is 7. The van der Waals surface area contributed by atoms with E-state index in [2.05, 4.69) is 26.2 Å². The molecule has 1 fully saturated rings. The first kappa shape index (κ1) is 23.0. The molecule has 9 heteroatoms. The lowest BCUT2D eigenvalue weighted by atomic mass is 9.97. The van der Waals surface area contributed by atoms with Gasteiger partial charge < -0.3 is 10.6 Å². The number of tetrazole rings is 1. The summed E-state index contributed by atoms with van der Waals surface area (Å²) in [6.07, 6.45) is 9.79. The summed E-state index contributed by atoms with van der Waals surface area (Å²) in [5, 5.41) is 17.2. The van der Waals surface area contributed by atoms with Crippen molar-refractivity contribution in [2.75, 3.05) is 11.1 Å². The number of nitrogens with one attached hydrogen (secondary N) is 2. The minimum Gasteiger partial charge on any atom is -0.353 e. The van der Waals surface area contributed by atoms with E-state index in [4.69, 9.17) is 0 Å². The Hall–Kier alpha value is -3.20. The monoisotopic (exact) mass is 464 g/mol. The largest absolute Gasteiger partial charge is 0.353 e. The number of hydrogen-bond acceptors (Lipinski definition) is 6. The maximum atomic E-state index is 12.9. The normalized spacial score (nSPS) is 14.8. The summed E-state index contributed by atoms with van der Waals surface area (Å²) in [7, 11) is 0. The number of carbonyl (C=O) groups is 2. The molecule has 33 heavy (non-hydrogen) atoms. The summed E-state index contributed by atoms with van der Waals surface area (Å²) in [5.74, 6) is 0.106. The molecule has 1 saturated carbocycles. The molecule has 1 aliphatic carbocycles. The lowest BCUT2D eigenvalue weighted by molar-refractivity contribution is -0.119. The molecule has 0 radical (unpaired) electrons. The molecule has 0 atom stereocenters. The molecule has 0 bridgehead atoms. The molecular formula is C24H28N6O2S. The van der Waals surface area contributed by atoms with Crippen LogP contribution in [0.4, 0.5) is 5.69 Å². The number of hydrogen-bond donors (Lipinski definition) is 2. The van der Waals surface area contributed by atoms with Crippen molar-refractivity contribution in [1.82, 2.24) is 25.5 Å². The average molecular weight is 465 g/mol. The number of thioether (sulfide) groups is 1. The van der Waals surface area contributed by atoms with E-state index in [0.717, 1.165) is 23.4 Å². The van der Waals surface area contributed by atoms with Crippen LogP contribution in [0.3, 0.4) is 0 Å². The van der Waals surface area contributed by atoms with Crippen LogP contribution >= 0.6 is 11.8 Å². The molecule has 1 aliphatic rings. The van der Waals surface area contributed by atoms with Gasteiger partial charge in [-0.2, -0.15) is 0 Å². The zero-order valence-corrected chi connectivity index (χ0v) is 19.3. The van der Waals surface area contributed by atoms with E-state index in [1.165, 1.54) is 50.2 Å². The van der Waals surface area contributed by atoms with E-state index in [9.17, 15) is 9.59 Å². The molecule has 0 unspecified atom stereocenters. The molecule has 2 amide bonds. The highest BCUT2D eigenvalue weighted by molar-refractivity contribution is 8.00. The summed E-state index contributed by atoms with van der Waals surface area (Å²) >= 11 is 1.39. The van der Waals surface area contributed by atoms with Crippen LogP contribution in [0.25, 0.3) is 5.69 Å². The summed E-state index contributed by atoms with van der Waals surface area (Å²) in [4.78, 5) is 26.2. The Balaban J connectivity index is 1.33. The molecular weight excluding hydrogens is 436 g/mol. The smallest absolute Gasteiger partial charge is 0.256 e. The fraction of sp³-hybridized carbons (Fsp3) is 0.375. The van der Waals surface area contributed by atoms with E-state index >= 15 is 0 Å². The number of amides is 2. The zero-order chi connectivity index (χ0) is 22.9. The van der Waals surface area contributed by atoms with Gasteiger partial charge in [-0.15, -0.1) is 16.9 Å². The van der Waals surface area contributed by atoms with Crippen LogP contribution in [0.15, 0.2) is 59.8 Å². The maximum Gasteiger partial charge on any atom is 0.256 e. The van der Waals surface area contributed by atoms with Crippen LogP contribution < -0.4 is 10.6 Å². The minimum atomic E-state index is -0.214. The second-order valence-corrected chi connectivity index (χ2v) is 9.17. The van der Waals surface area contributed by atoms with Gasteiger partial charge in [-0.1, -0.05) is 44.2 Å². The Morgan fingerprint density at radius 2 is 1.70 bits per heavy atom. The highest BCUT2D eigenvalue weighted by Crippen LogP contribution is 2.24. The summed E-state index contributed by atoms with van der Waals surface area (Å²) in [5.41, 5.74) is 2.01. The van der Waals surface area contributed by atoms with Gasteiger partial charge in [0.05, 0.1) is 17.0 Å². The van der Waals surface area contributed by atoms with Gasteiger partial charge in [-0.05, 0) is 59.7 Å². The SMILES string of the molecule is O=C(CSc1ccccc1C(=O)Nc1ccc(-n2cnnn2)cc1)NC1CCCCCCC1. The van der Waals surface area contributed by atoms with Crippen LogP contribution in [0, 0.1) is 0 Å². The minimum absolute atomic E-state index is 0.0268. The fourth-order valence-electron chi connectivity index (χ4n) is 3.97. The third kappa shape index (κ3) is 6.64. The Morgan fingerprint density at radius 3 is 2.42 bits per heavy atom. The molecule has 0 aliphatic heterocycles. The van der Waals surface area contributed by atoms with Crippen LogP contribution in [-0.2, 0) is 4.79 Å². The van der Waals surface area contributed by atoms with Crippen molar-refractivity contribution in [1.29, 1.82) is 0 Å². The van der Waals surface area contributed by atoms with Gasteiger partial charge in [0, 0.05) is 16.6 Å². The standard InChI is InChI=1S/C24H28N6O2S/c31-23(26-18-8-4-2-1-3-5-9-18)16-33-22-11-7-6-10-21(22)24(32)27-19-12-14-20(15-13-19)30-17-25-28-29-30/h6-7,10-15,17-18H,1-5,8-9,16H2,(H,26,31)(H,27,32). The number of carbonyl (C=O) groups excluding carboxylic acids is 2. The Kier molecular flexibility index (Phi) is 8.08. The van der Waals surface area contributed by atoms with Crippen molar-refractivity contribution in [3.8, 4) is 5.69 Å². The van der Waals surface area contributed by atoms with Gasteiger partial charge in [0.25, 0.3) is 5.91 Å². The quantitative estimate of drug-likeness (QED) is 0.507. The van der Waals surface area contributed by atoms with E-state index in [-0.39, 0.29) is 17.9 Å². The molecule has 3 aromatic rings. The lowest BCUT2D eigenvalue weighted by Gasteiger charge is -2.21. The molecule has 8 nitrogen and oxygen atoms in total. The number of aromatic nitrogens is 4. The predicted octanol–water partition coefficient (Wildman–Crippen LogP) is 4.24. The fourth-order valence-corrected chi connectivity index (χ4v) is 4.83. The lowest BCUT2D eigenvalue weighted by Crippen LogP contribution is -2.36. The first-order chi connectivity index (χ1) is 16.2. The van der Waals surface area contributed by atoms with Gasteiger partial charge in [0.1, 0.15) is 6.33 Å². The van der Waals surface area contributed by atoms with Gasteiger partial charge in [-0.25, -0.2) is 4.68 Å². The molecule has 172 valence electrons. The van der Waals surface area contributed by atoms with Crippen molar-refractivity contribution in [2.45, 2.75) is 55.9 Å². The predicted molar refractivity (Wildman–Crippen MR) is 129 cm³/mol. The third-order valence-corrected chi connectivity index (χ3v) is 6.77. The second-order valence-electron chi connectivity index (χ2n) is 8.15. The second kappa shape index (κ2) is 11.6. The first-order valence-electron chi connectivity index (χ1n) is 11.3. The summed E-state index contributed by atoms with van der Waals surface area (Å²) in [6, 6.07) is 14.9. The molecule has 4 rings (SSSR count). The zero-order valence-electron chi connectivity index (χ0n) is 18.4. The van der Waals surface area contributed by atoms with Gasteiger partial charge >= 0.3 is 0 Å². The highest BCUT2D eigenvalue weighted by Gasteiger charge is 2.16. The van der Waals surface area contributed by atoms with Crippen molar-refractivity contribution >= 4 is 29.3 Å². The number of anilines is 1. The molecule has 1 aromatic heterocycles. The molecule has 1 heterocycles. The molecule has 2 N–H and O–H groups in total. The Labute approximate surface area is 197 Å². The molecule has 0 spiro atoms. The average Bonchev–Trinajstić information content (AvgIpc) is 3.35. The van der Waals surface area contributed by atoms with E-state index in [1.807, 2.05) is 30.3 Å². The van der Waals surface area contributed by atoms with Crippen LogP contribution in [0.5, 0.6) is 0 Å². The van der Waals surface area contributed by atoms with Crippen LogP contribution in [-0.4, -0.2) is 43.8 Å². The van der Waals surface area contributed by atoms with E-state index < -0.39 is 0 Å². The van der Waals surface area contributed by atoms with Crippen molar-refractivity contribution in [2.24, 2.45) is 0 Å². The van der Waals surface area contributed by atoms with Crippen molar-refractivity contribution in [3.63, 3.8) is 0 Å². The molecule has 0 saturated heterocycles. The van der Waals surface area contributed by atoms with Crippen molar-refractivity contribution < 1.29 is 9.59 Å². The van der Waals surface area contributed by atoms with E-state index in [0.29, 0.717) is 17.0 Å². The first-order valence-corrected chi connectivity index (χ1v) is 12.3. The van der Waals surface area contributed by atoms with Crippen molar-refractivity contribution in [3.05, 3.63) is 60.4 Å². The highest BCUT2D eigenvalue weighted by atomic mass is 32.2. The summed E-state index contributed by atoms with van der Waals surface area (Å²) in [6.45, 7) is 0. The Morgan fingerprint density at radius 1 is 0.970 bits per heavy atom. The van der Waals surface area contributed by atoms with Gasteiger partial charge in [0.2, 0.25) is 5.91 Å². The van der Waals surface area contributed by atoms with E-state index in [1.54, 1.807) is 22.9 Å². The maximum absolute atomic E-state index is 12.9.